The minimum atomic E-state index is 0.111. The van der Waals surface area contributed by atoms with Crippen molar-refractivity contribution in [2.45, 2.75) is 6.54 Å². The van der Waals surface area contributed by atoms with Crippen LogP contribution in [0.1, 0.15) is 5.56 Å². The van der Waals surface area contributed by atoms with Gasteiger partial charge < -0.3 is 20.5 Å². The van der Waals surface area contributed by atoms with Crippen molar-refractivity contribution in [3.8, 4) is 11.8 Å². The molecule has 0 saturated carbocycles. The molecule has 0 saturated heterocycles. The van der Waals surface area contributed by atoms with Crippen molar-refractivity contribution >= 4 is 11.9 Å². The first-order chi connectivity index (χ1) is 9.21. The van der Waals surface area contributed by atoms with Gasteiger partial charge in [0, 0.05) is 6.54 Å². The number of nitrogen functional groups attached to an aromatic ring is 1. The van der Waals surface area contributed by atoms with Gasteiger partial charge in [0.25, 0.3) is 0 Å². The van der Waals surface area contributed by atoms with E-state index in [4.69, 9.17) is 15.2 Å². The zero-order chi connectivity index (χ0) is 13.7. The molecule has 1 heterocycles. The molecule has 19 heavy (non-hydrogen) atoms. The van der Waals surface area contributed by atoms with Crippen LogP contribution in [-0.2, 0) is 6.54 Å². The molecule has 2 rings (SSSR count). The molecule has 0 atom stereocenters. The average Bonchev–Trinajstić information content (AvgIpc) is 2.44. The standard InChI is InChI=1S/C12H15N5O2/c1-18-9-5-3-4-8(6-9)7-14-11-15-10(13)16-12(17-11)19-2/h3-6H,7H2,1-2H3,(H3,13,14,15,16,17). The fourth-order valence-electron chi connectivity index (χ4n) is 1.51. The number of methoxy groups -OCH3 is 2. The summed E-state index contributed by atoms with van der Waals surface area (Å²) in [5.41, 5.74) is 6.59. The number of benzene rings is 1. The molecule has 0 amide bonds. The highest BCUT2D eigenvalue weighted by Crippen LogP contribution is 2.14. The molecule has 0 aliphatic rings. The molecule has 0 spiro atoms. The molecule has 100 valence electrons. The second-order valence-corrected chi connectivity index (χ2v) is 3.71. The Balaban J connectivity index is 2.07. The molecule has 0 aliphatic heterocycles. The Morgan fingerprint density at radius 1 is 1.16 bits per heavy atom. The zero-order valence-electron chi connectivity index (χ0n) is 10.8. The van der Waals surface area contributed by atoms with Crippen molar-refractivity contribution in [2.75, 3.05) is 25.3 Å². The molecule has 0 aliphatic carbocycles. The largest absolute Gasteiger partial charge is 0.497 e. The first-order valence-electron chi connectivity index (χ1n) is 5.63. The molecule has 7 heteroatoms. The van der Waals surface area contributed by atoms with Crippen molar-refractivity contribution in [1.29, 1.82) is 0 Å². The van der Waals surface area contributed by atoms with Crippen LogP contribution in [0.5, 0.6) is 11.8 Å². The molecule has 1 aromatic heterocycles. The van der Waals surface area contributed by atoms with Gasteiger partial charge in [-0.05, 0) is 17.7 Å². The van der Waals surface area contributed by atoms with Crippen LogP contribution in [0.15, 0.2) is 24.3 Å². The van der Waals surface area contributed by atoms with Gasteiger partial charge in [0.1, 0.15) is 5.75 Å². The van der Waals surface area contributed by atoms with Crippen LogP contribution < -0.4 is 20.5 Å². The first-order valence-corrected chi connectivity index (χ1v) is 5.63. The number of aromatic nitrogens is 3. The Labute approximate surface area is 110 Å². The van der Waals surface area contributed by atoms with Crippen molar-refractivity contribution in [3.05, 3.63) is 29.8 Å². The van der Waals surface area contributed by atoms with E-state index >= 15 is 0 Å². The monoisotopic (exact) mass is 261 g/mol. The fraction of sp³-hybridized carbons (Fsp3) is 0.250. The number of hydrogen-bond acceptors (Lipinski definition) is 7. The third-order valence-electron chi connectivity index (χ3n) is 2.40. The number of nitrogens with two attached hydrogens (primary N) is 1. The molecule has 0 fully saturated rings. The Bertz CT molecular complexity index is 562. The van der Waals surface area contributed by atoms with Crippen LogP contribution >= 0.6 is 0 Å². The van der Waals surface area contributed by atoms with E-state index in [2.05, 4.69) is 20.3 Å². The summed E-state index contributed by atoms with van der Waals surface area (Å²) in [6.07, 6.45) is 0. The second-order valence-electron chi connectivity index (χ2n) is 3.71. The van der Waals surface area contributed by atoms with Crippen LogP contribution in [0.2, 0.25) is 0 Å². The number of ether oxygens (including phenoxy) is 2. The molecular formula is C12H15N5O2. The third-order valence-corrected chi connectivity index (χ3v) is 2.40. The Morgan fingerprint density at radius 3 is 2.74 bits per heavy atom. The molecular weight excluding hydrogens is 246 g/mol. The Hall–Kier alpha value is -2.57. The normalized spacial score (nSPS) is 10.0. The maximum atomic E-state index is 5.55. The van der Waals surface area contributed by atoms with E-state index in [1.807, 2.05) is 24.3 Å². The van der Waals surface area contributed by atoms with E-state index in [0.717, 1.165) is 11.3 Å². The lowest BCUT2D eigenvalue weighted by Gasteiger charge is -2.07. The van der Waals surface area contributed by atoms with Crippen LogP contribution in [0.3, 0.4) is 0 Å². The number of anilines is 2. The van der Waals surface area contributed by atoms with Crippen LogP contribution in [0.4, 0.5) is 11.9 Å². The van der Waals surface area contributed by atoms with Crippen molar-refractivity contribution < 1.29 is 9.47 Å². The highest BCUT2D eigenvalue weighted by Gasteiger charge is 2.04. The summed E-state index contributed by atoms with van der Waals surface area (Å²) in [5, 5.41) is 3.05. The summed E-state index contributed by atoms with van der Waals surface area (Å²) in [4.78, 5) is 11.8. The van der Waals surface area contributed by atoms with Gasteiger partial charge in [-0.2, -0.15) is 15.0 Å². The SMILES string of the molecule is COc1cccc(CNc2nc(N)nc(OC)n2)c1. The average molecular weight is 261 g/mol. The summed E-state index contributed by atoms with van der Waals surface area (Å²) in [7, 11) is 3.10. The molecule has 1 aromatic carbocycles. The summed E-state index contributed by atoms with van der Waals surface area (Å²) in [6.45, 7) is 0.545. The lowest BCUT2D eigenvalue weighted by Crippen LogP contribution is -2.08. The van der Waals surface area contributed by atoms with Crippen molar-refractivity contribution in [1.82, 2.24) is 15.0 Å². The van der Waals surface area contributed by atoms with Crippen molar-refractivity contribution in [3.63, 3.8) is 0 Å². The zero-order valence-corrected chi connectivity index (χ0v) is 10.8. The first kappa shape index (κ1) is 12.9. The van der Waals surface area contributed by atoms with Gasteiger partial charge in [-0.1, -0.05) is 12.1 Å². The molecule has 0 unspecified atom stereocenters. The van der Waals surface area contributed by atoms with Crippen LogP contribution in [0.25, 0.3) is 0 Å². The van der Waals surface area contributed by atoms with Gasteiger partial charge in [-0.25, -0.2) is 0 Å². The molecule has 0 radical (unpaired) electrons. The molecule has 7 nitrogen and oxygen atoms in total. The summed E-state index contributed by atoms with van der Waals surface area (Å²) in [5.74, 6) is 1.28. The van der Waals surface area contributed by atoms with Gasteiger partial charge in [0.2, 0.25) is 11.9 Å². The predicted molar refractivity (Wildman–Crippen MR) is 71.1 cm³/mol. The lowest BCUT2D eigenvalue weighted by atomic mass is 10.2. The van der Waals surface area contributed by atoms with E-state index in [1.54, 1.807) is 7.11 Å². The third kappa shape index (κ3) is 3.44. The minimum absolute atomic E-state index is 0.111. The van der Waals surface area contributed by atoms with Crippen LogP contribution in [-0.4, -0.2) is 29.2 Å². The van der Waals surface area contributed by atoms with Gasteiger partial charge in [0.15, 0.2) is 0 Å². The molecule has 3 N–H and O–H groups in total. The number of hydrogen-bond donors (Lipinski definition) is 2. The summed E-state index contributed by atoms with van der Waals surface area (Å²) < 4.78 is 10.1. The maximum absolute atomic E-state index is 5.55. The maximum Gasteiger partial charge on any atom is 0.322 e. The molecule has 0 bridgehead atoms. The summed E-state index contributed by atoms with van der Waals surface area (Å²) >= 11 is 0. The quantitative estimate of drug-likeness (QED) is 0.831. The lowest BCUT2D eigenvalue weighted by molar-refractivity contribution is 0.379. The van der Waals surface area contributed by atoms with Gasteiger partial charge in [-0.15, -0.1) is 0 Å². The van der Waals surface area contributed by atoms with E-state index < -0.39 is 0 Å². The van der Waals surface area contributed by atoms with Gasteiger partial charge in [-0.3, -0.25) is 0 Å². The van der Waals surface area contributed by atoms with Gasteiger partial charge >= 0.3 is 6.01 Å². The minimum Gasteiger partial charge on any atom is -0.497 e. The smallest absolute Gasteiger partial charge is 0.322 e. The fourth-order valence-corrected chi connectivity index (χ4v) is 1.51. The molecule has 2 aromatic rings. The topological polar surface area (TPSA) is 95.2 Å². The van der Waals surface area contributed by atoms with Crippen LogP contribution in [0, 0.1) is 0 Å². The van der Waals surface area contributed by atoms with E-state index in [0.29, 0.717) is 12.5 Å². The summed E-state index contributed by atoms with van der Waals surface area (Å²) in [6, 6.07) is 7.87. The highest BCUT2D eigenvalue weighted by molar-refractivity contribution is 5.35. The Morgan fingerprint density at radius 2 is 2.00 bits per heavy atom. The van der Waals surface area contributed by atoms with E-state index in [9.17, 15) is 0 Å². The second kappa shape index (κ2) is 5.85. The number of rotatable bonds is 5. The van der Waals surface area contributed by atoms with E-state index in [-0.39, 0.29) is 12.0 Å². The Kier molecular flexibility index (Phi) is 3.97. The van der Waals surface area contributed by atoms with E-state index in [1.165, 1.54) is 7.11 Å². The highest BCUT2D eigenvalue weighted by atomic mass is 16.5. The number of nitrogens with zero attached hydrogens (tertiary/aromatic N) is 3. The van der Waals surface area contributed by atoms with Crippen molar-refractivity contribution in [2.24, 2.45) is 0 Å². The number of nitrogens with one attached hydrogen (secondary N) is 1. The predicted octanol–water partition coefficient (Wildman–Crippen LogP) is 1.08. The van der Waals surface area contributed by atoms with Gasteiger partial charge in [0.05, 0.1) is 14.2 Å².